The maximum Gasteiger partial charge on any atom is 0.308 e. The van der Waals surface area contributed by atoms with E-state index in [1.807, 2.05) is 6.07 Å². The first-order valence-corrected chi connectivity index (χ1v) is 8.80. The number of ether oxygens (including phenoxy) is 1. The van der Waals surface area contributed by atoms with Gasteiger partial charge in [0.2, 0.25) is 11.8 Å². The lowest BCUT2D eigenvalue weighted by atomic mass is 9.95. The van der Waals surface area contributed by atoms with E-state index in [2.05, 4.69) is 0 Å². The minimum atomic E-state index is -0.346. The molecule has 2 aliphatic heterocycles. The zero-order chi connectivity index (χ0) is 18.0. The van der Waals surface area contributed by atoms with Gasteiger partial charge < -0.3 is 14.5 Å². The highest BCUT2D eigenvalue weighted by molar-refractivity contribution is 6.31. The number of rotatable bonds is 3. The molecule has 2 aliphatic rings. The molecule has 0 N–H and O–H groups in total. The van der Waals surface area contributed by atoms with Crippen molar-refractivity contribution in [2.24, 2.45) is 11.8 Å². The normalized spacial score (nSPS) is 21.5. The fourth-order valence-corrected chi connectivity index (χ4v) is 3.71. The molecule has 134 valence electrons. The van der Waals surface area contributed by atoms with Crippen molar-refractivity contribution in [3.8, 4) is 0 Å². The number of carbonyl (C=O) groups excluding carboxylic acids is 3. The van der Waals surface area contributed by atoms with Gasteiger partial charge in [0.15, 0.2) is 0 Å². The van der Waals surface area contributed by atoms with Crippen molar-refractivity contribution < 1.29 is 19.1 Å². The summed E-state index contributed by atoms with van der Waals surface area (Å²) < 4.78 is 4.77. The number of methoxy groups -OCH3 is 1. The molecule has 0 saturated carbocycles. The summed E-state index contributed by atoms with van der Waals surface area (Å²) in [7, 11) is 1.38. The van der Waals surface area contributed by atoms with Crippen molar-refractivity contribution in [3.05, 3.63) is 29.3 Å². The van der Waals surface area contributed by atoms with Gasteiger partial charge in [0.1, 0.15) is 0 Å². The van der Waals surface area contributed by atoms with E-state index in [4.69, 9.17) is 16.3 Å². The van der Waals surface area contributed by atoms with E-state index in [0.717, 1.165) is 5.69 Å². The monoisotopic (exact) mass is 364 g/mol. The first-order valence-electron chi connectivity index (χ1n) is 8.42. The van der Waals surface area contributed by atoms with Gasteiger partial charge >= 0.3 is 5.97 Å². The minimum absolute atomic E-state index is 0.0128. The molecule has 2 fully saturated rings. The van der Waals surface area contributed by atoms with E-state index in [0.29, 0.717) is 37.5 Å². The zero-order valence-corrected chi connectivity index (χ0v) is 14.9. The number of anilines is 1. The number of carbonyl (C=O) groups is 3. The summed E-state index contributed by atoms with van der Waals surface area (Å²) in [6, 6.07) is 7.09. The number of benzene rings is 1. The molecule has 6 nitrogen and oxygen atoms in total. The summed E-state index contributed by atoms with van der Waals surface area (Å²) in [5.74, 6) is -0.773. The van der Waals surface area contributed by atoms with Crippen molar-refractivity contribution in [2.45, 2.75) is 19.3 Å². The number of nitrogens with zero attached hydrogens (tertiary/aromatic N) is 2. The van der Waals surface area contributed by atoms with Crippen molar-refractivity contribution in [1.82, 2.24) is 4.90 Å². The highest BCUT2D eigenvalue weighted by atomic mass is 35.5. The molecule has 1 atom stereocenters. The Kier molecular flexibility index (Phi) is 5.27. The Morgan fingerprint density at radius 1 is 1.20 bits per heavy atom. The molecule has 1 aromatic carbocycles. The quantitative estimate of drug-likeness (QED) is 0.770. The molecule has 0 radical (unpaired) electrons. The van der Waals surface area contributed by atoms with Crippen LogP contribution >= 0.6 is 11.6 Å². The summed E-state index contributed by atoms with van der Waals surface area (Å²) >= 11 is 5.99. The van der Waals surface area contributed by atoms with E-state index >= 15 is 0 Å². The van der Waals surface area contributed by atoms with Crippen LogP contribution in [0.25, 0.3) is 0 Å². The third-order valence-electron chi connectivity index (χ3n) is 4.94. The second-order valence-corrected chi connectivity index (χ2v) is 6.94. The molecule has 1 aromatic rings. The fourth-order valence-electron chi connectivity index (χ4n) is 3.53. The number of likely N-dealkylation sites (tertiary alicyclic amines) is 1. The molecule has 0 aliphatic carbocycles. The Labute approximate surface area is 151 Å². The molecule has 0 bridgehead atoms. The van der Waals surface area contributed by atoms with Gasteiger partial charge in [0.25, 0.3) is 0 Å². The SMILES string of the molecule is COC(=O)C1CCN(C(=O)C2CC(=O)N(c3cccc(Cl)c3)C2)CC1. The topological polar surface area (TPSA) is 66.9 Å². The Bertz CT molecular complexity index is 685. The van der Waals surface area contributed by atoms with Gasteiger partial charge in [-0.3, -0.25) is 14.4 Å². The van der Waals surface area contributed by atoms with Crippen LogP contribution in [0.4, 0.5) is 5.69 Å². The Hall–Kier alpha value is -2.08. The molecular weight excluding hydrogens is 344 g/mol. The second-order valence-electron chi connectivity index (χ2n) is 6.51. The molecule has 25 heavy (non-hydrogen) atoms. The van der Waals surface area contributed by atoms with E-state index in [1.54, 1.807) is 28.0 Å². The van der Waals surface area contributed by atoms with Crippen LogP contribution in [0.1, 0.15) is 19.3 Å². The Morgan fingerprint density at radius 3 is 2.56 bits per heavy atom. The number of halogens is 1. The van der Waals surface area contributed by atoms with E-state index < -0.39 is 0 Å². The van der Waals surface area contributed by atoms with Gasteiger partial charge in [0, 0.05) is 36.8 Å². The fraction of sp³-hybridized carbons (Fsp3) is 0.500. The predicted octanol–water partition coefficient (Wildman–Crippen LogP) is 2.10. The van der Waals surface area contributed by atoms with Crippen LogP contribution in [0.2, 0.25) is 5.02 Å². The summed E-state index contributed by atoms with van der Waals surface area (Å²) in [6.07, 6.45) is 1.43. The van der Waals surface area contributed by atoms with Crippen molar-refractivity contribution >= 4 is 35.1 Å². The van der Waals surface area contributed by atoms with Crippen LogP contribution in [0.3, 0.4) is 0 Å². The van der Waals surface area contributed by atoms with Crippen molar-refractivity contribution in [2.75, 3.05) is 31.6 Å². The molecule has 2 saturated heterocycles. The van der Waals surface area contributed by atoms with E-state index in [1.165, 1.54) is 7.11 Å². The average Bonchev–Trinajstić information content (AvgIpc) is 3.02. The van der Waals surface area contributed by atoms with Crippen molar-refractivity contribution in [1.29, 1.82) is 0 Å². The number of piperidine rings is 1. The largest absolute Gasteiger partial charge is 0.469 e. The summed E-state index contributed by atoms with van der Waals surface area (Å²) in [4.78, 5) is 40.0. The maximum atomic E-state index is 12.7. The van der Waals surface area contributed by atoms with Gasteiger partial charge in [-0.15, -0.1) is 0 Å². The number of hydrogen-bond acceptors (Lipinski definition) is 4. The third-order valence-corrected chi connectivity index (χ3v) is 5.17. The van der Waals surface area contributed by atoms with Crippen molar-refractivity contribution in [3.63, 3.8) is 0 Å². The van der Waals surface area contributed by atoms with Crippen LogP contribution in [-0.4, -0.2) is 49.4 Å². The average molecular weight is 365 g/mol. The van der Waals surface area contributed by atoms with Crippen LogP contribution < -0.4 is 4.90 Å². The molecule has 3 rings (SSSR count). The minimum Gasteiger partial charge on any atom is -0.469 e. The molecular formula is C18H21ClN2O4. The molecule has 1 unspecified atom stereocenters. The van der Waals surface area contributed by atoms with Gasteiger partial charge in [-0.25, -0.2) is 0 Å². The van der Waals surface area contributed by atoms with E-state index in [9.17, 15) is 14.4 Å². The van der Waals surface area contributed by atoms with Crippen LogP contribution in [0.5, 0.6) is 0 Å². The molecule has 0 aromatic heterocycles. The highest BCUT2D eigenvalue weighted by Crippen LogP contribution is 2.29. The summed E-state index contributed by atoms with van der Waals surface area (Å²) in [6.45, 7) is 1.43. The van der Waals surface area contributed by atoms with E-state index in [-0.39, 0.29) is 36.0 Å². The van der Waals surface area contributed by atoms with Crippen LogP contribution in [0, 0.1) is 11.8 Å². The molecule has 7 heteroatoms. The number of esters is 1. The second kappa shape index (κ2) is 7.44. The smallest absolute Gasteiger partial charge is 0.308 e. The summed E-state index contributed by atoms with van der Waals surface area (Å²) in [5, 5.41) is 0.560. The number of amides is 2. The first kappa shape index (κ1) is 17.7. The van der Waals surface area contributed by atoms with Crippen LogP contribution in [-0.2, 0) is 19.1 Å². The van der Waals surface area contributed by atoms with Gasteiger partial charge in [-0.1, -0.05) is 17.7 Å². The Balaban J connectivity index is 1.61. The molecule has 2 heterocycles. The lowest BCUT2D eigenvalue weighted by Crippen LogP contribution is -2.43. The maximum absolute atomic E-state index is 12.7. The van der Waals surface area contributed by atoms with Gasteiger partial charge in [-0.2, -0.15) is 0 Å². The molecule has 2 amide bonds. The lowest BCUT2D eigenvalue weighted by molar-refractivity contribution is -0.149. The summed E-state index contributed by atoms with van der Waals surface area (Å²) in [5.41, 5.74) is 0.720. The molecule has 0 spiro atoms. The first-order chi connectivity index (χ1) is 12.0. The standard InChI is InChI=1S/C18H21ClN2O4/c1-25-18(24)12-5-7-20(8-6-12)17(23)13-9-16(22)21(11-13)15-4-2-3-14(19)10-15/h2-4,10,12-13H,5-9,11H2,1H3. The van der Waals surface area contributed by atoms with Crippen LogP contribution in [0.15, 0.2) is 24.3 Å². The van der Waals surface area contributed by atoms with Gasteiger partial charge in [0.05, 0.1) is 18.9 Å². The Morgan fingerprint density at radius 2 is 1.92 bits per heavy atom. The van der Waals surface area contributed by atoms with Gasteiger partial charge in [-0.05, 0) is 31.0 Å². The third kappa shape index (κ3) is 3.79. The predicted molar refractivity (Wildman–Crippen MR) is 93.2 cm³/mol. The highest BCUT2D eigenvalue weighted by Gasteiger charge is 2.38. The lowest BCUT2D eigenvalue weighted by Gasteiger charge is -2.32. The number of hydrogen-bond donors (Lipinski definition) is 0. The zero-order valence-electron chi connectivity index (χ0n) is 14.1.